The summed E-state index contributed by atoms with van der Waals surface area (Å²) >= 11 is 12.2. The fourth-order valence-corrected chi connectivity index (χ4v) is 6.13. The second-order valence-corrected chi connectivity index (χ2v) is 10.7. The van der Waals surface area contributed by atoms with E-state index in [4.69, 9.17) is 28.2 Å². The van der Waals surface area contributed by atoms with Crippen molar-refractivity contribution in [3.63, 3.8) is 0 Å². The van der Waals surface area contributed by atoms with Crippen molar-refractivity contribution >= 4 is 34.9 Å². The molecule has 36 heavy (non-hydrogen) atoms. The number of carbonyl (C=O) groups excluding carboxylic acids is 1. The first kappa shape index (κ1) is 23.5. The number of hydrogen-bond acceptors (Lipinski definition) is 4. The van der Waals surface area contributed by atoms with E-state index < -0.39 is 0 Å². The van der Waals surface area contributed by atoms with Gasteiger partial charge in [0.25, 0.3) is 0 Å². The zero-order valence-electron chi connectivity index (χ0n) is 20.1. The van der Waals surface area contributed by atoms with Crippen molar-refractivity contribution in [2.75, 3.05) is 13.1 Å². The fraction of sp³-hybridized carbons (Fsp3) is 0.321. The van der Waals surface area contributed by atoms with Crippen LogP contribution in [0.5, 0.6) is 0 Å². The molecular weight excluding hydrogens is 493 g/mol. The summed E-state index contributed by atoms with van der Waals surface area (Å²) in [6.07, 6.45) is 6.31. The van der Waals surface area contributed by atoms with Gasteiger partial charge in [-0.05, 0) is 61.2 Å². The molecule has 2 aliphatic heterocycles. The molecule has 4 aromatic rings. The molecule has 0 N–H and O–H groups in total. The third-order valence-electron chi connectivity index (χ3n) is 7.49. The molecule has 2 aromatic carbocycles. The molecule has 8 heteroatoms. The van der Waals surface area contributed by atoms with Gasteiger partial charge in [-0.15, -0.1) is 0 Å². The Kier molecular flexibility index (Phi) is 6.20. The summed E-state index contributed by atoms with van der Waals surface area (Å²) in [7, 11) is 0. The molecule has 0 saturated carbocycles. The Bertz CT molecular complexity index is 1420. The minimum absolute atomic E-state index is 0.216. The lowest BCUT2D eigenvalue weighted by Crippen LogP contribution is -2.55. The first-order valence-corrected chi connectivity index (χ1v) is 13.1. The van der Waals surface area contributed by atoms with Gasteiger partial charge in [0.2, 0.25) is 11.7 Å². The van der Waals surface area contributed by atoms with Gasteiger partial charge in [-0.1, -0.05) is 41.4 Å². The van der Waals surface area contributed by atoms with E-state index >= 15 is 0 Å². The van der Waals surface area contributed by atoms with Crippen molar-refractivity contribution in [1.29, 1.82) is 0 Å². The molecule has 0 aliphatic carbocycles. The molecule has 0 spiro atoms. The Hall–Kier alpha value is -2.93. The molecule has 2 aliphatic rings. The number of carbonyl (C=O) groups is 1. The van der Waals surface area contributed by atoms with Gasteiger partial charge in [-0.3, -0.25) is 14.1 Å². The summed E-state index contributed by atoms with van der Waals surface area (Å²) in [5.41, 5.74) is 5.18. The molecule has 2 bridgehead atoms. The van der Waals surface area contributed by atoms with Crippen LogP contribution in [0.15, 0.2) is 60.9 Å². The van der Waals surface area contributed by atoms with Crippen LogP contribution >= 0.6 is 23.2 Å². The monoisotopic (exact) mass is 519 g/mol. The standard InChI is InChI=1S/C28H27Cl2N5O/c1-18-13-22(30)8-5-20(18)14-26(36)35-23-9-10-24(35)16-33(15-23)17-25-27(19-3-6-21(29)7-4-19)32-28-31-11-2-12-34(25)28/h2-8,11-13,23-24H,9-10,14-17H2,1H3. The van der Waals surface area contributed by atoms with E-state index in [0.717, 1.165) is 60.6 Å². The number of hydrogen-bond donors (Lipinski definition) is 0. The van der Waals surface area contributed by atoms with Crippen LogP contribution in [0.3, 0.4) is 0 Å². The molecule has 184 valence electrons. The minimum Gasteiger partial charge on any atom is -0.334 e. The number of halogens is 2. The van der Waals surface area contributed by atoms with Gasteiger partial charge in [-0.25, -0.2) is 9.97 Å². The first-order valence-electron chi connectivity index (χ1n) is 12.3. The molecule has 2 saturated heterocycles. The van der Waals surface area contributed by atoms with Crippen LogP contribution in [0, 0.1) is 6.92 Å². The number of piperazine rings is 1. The van der Waals surface area contributed by atoms with Crippen LogP contribution in [0.1, 0.15) is 29.7 Å². The zero-order valence-corrected chi connectivity index (χ0v) is 21.6. The van der Waals surface area contributed by atoms with Gasteiger partial charge in [0, 0.05) is 59.7 Å². The Morgan fingerprint density at radius 3 is 2.47 bits per heavy atom. The normalized spacial score (nSPS) is 19.8. The van der Waals surface area contributed by atoms with Gasteiger partial charge >= 0.3 is 0 Å². The fourth-order valence-electron chi connectivity index (χ4n) is 5.78. The predicted octanol–water partition coefficient (Wildman–Crippen LogP) is 5.43. The molecule has 2 fully saturated rings. The van der Waals surface area contributed by atoms with Crippen molar-refractivity contribution in [3.05, 3.63) is 87.8 Å². The maximum Gasteiger partial charge on any atom is 0.234 e. The number of amides is 1. The third-order valence-corrected chi connectivity index (χ3v) is 7.97. The Morgan fingerprint density at radius 1 is 1.03 bits per heavy atom. The van der Waals surface area contributed by atoms with E-state index in [-0.39, 0.29) is 18.0 Å². The van der Waals surface area contributed by atoms with E-state index in [1.54, 1.807) is 6.20 Å². The smallest absolute Gasteiger partial charge is 0.234 e. The molecule has 6 nitrogen and oxygen atoms in total. The predicted molar refractivity (Wildman–Crippen MR) is 142 cm³/mol. The molecule has 1 amide bonds. The molecule has 0 radical (unpaired) electrons. The molecule has 4 heterocycles. The molecule has 6 rings (SSSR count). The van der Waals surface area contributed by atoms with Crippen LogP contribution in [0.4, 0.5) is 0 Å². The molecular formula is C28H27Cl2N5O. The van der Waals surface area contributed by atoms with Crippen LogP contribution in [0.25, 0.3) is 17.0 Å². The highest BCUT2D eigenvalue weighted by Gasteiger charge is 2.42. The number of aromatic nitrogens is 3. The summed E-state index contributed by atoms with van der Waals surface area (Å²) in [6.45, 7) is 4.48. The lowest BCUT2D eigenvalue weighted by molar-refractivity contribution is -0.136. The van der Waals surface area contributed by atoms with Crippen LogP contribution in [-0.4, -0.2) is 55.2 Å². The Labute approximate surface area is 220 Å². The summed E-state index contributed by atoms with van der Waals surface area (Å²) in [5, 5.41) is 1.41. The molecule has 2 aromatic heterocycles. The van der Waals surface area contributed by atoms with Gasteiger partial charge in [0.1, 0.15) is 0 Å². The molecule has 2 atom stereocenters. The summed E-state index contributed by atoms with van der Waals surface area (Å²) in [6, 6.07) is 16.0. The van der Waals surface area contributed by atoms with Crippen LogP contribution in [-0.2, 0) is 17.8 Å². The number of imidazole rings is 1. The number of fused-ring (bicyclic) bond motifs is 3. The lowest BCUT2D eigenvalue weighted by Gasteiger charge is -2.41. The maximum absolute atomic E-state index is 13.4. The van der Waals surface area contributed by atoms with Crippen LogP contribution in [0.2, 0.25) is 10.0 Å². The quantitative estimate of drug-likeness (QED) is 0.352. The van der Waals surface area contributed by atoms with E-state index in [0.29, 0.717) is 22.2 Å². The minimum atomic E-state index is 0.216. The number of likely N-dealkylation sites (tertiary alicyclic amines) is 1. The zero-order chi connectivity index (χ0) is 24.8. The Balaban J connectivity index is 1.23. The number of benzene rings is 2. The highest BCUT2D eigenvalue weighted by molar-refractivity contribution is 6.30. The van der Waals surface area contributed by atoms with E-state index in [9.17, 15) is 4.79 Å². The van der Waals surface area contributed by atoms with E-state index in [1.165, 1.54) is 0 Å². The lowest BCUT2D eigenvalue weighted by atomic mass is 10.0. The number of nitrogens with zero attached hydrogens (tertiary/aromatic N) is 5. The van der Waals surface area contributed by atoms with Gasteiger partial charge in [0.05, 0.1) is 17.8 Å². The van der Waals surface area contributed by atoms with Crippen LogP contribution < -0.4 is 0 Å². The van der Waals surface area contributed by atoms with E-state index in [1.807, 2.05) is 61.7 Å². The van der Waals surface area contributed by atoms with Gasteiger partial charge < -0.3 is 4.90 Å². The average molecular weight is 520 g/mol. The number of aryl methyl sites for hydroxylation is 1. The van der Waals surface area contributed by atoms with Gasteiger partial charge in [0.15, 0.2) is 0 Å². The SMILES string of the molecule is Cc1cc(Cl)ccc1CC(=O)N1C2CCC1CN(Cc1c(-c3ccc(Cl)cc3)nc3ncccn13)C2. The topological polar surface area (TPSA) is 53.7 Å². The largest absolute Gasteiger partial charge is 0.334 e. The second kappa shape index (κ2) is 9.51. The Morgan fingerprint density at radius 2 is 1.75 bits per heavy atom. The molecule has 2 unspecified atom stereocenters. The highest BCUT2D eigenvalue weighted by atomic mass is 35.5. The van der Waals surface area contributed by atoms with Crippen molar-refractivity contribution in [3.8, 4) is 11.3 Å². The summed E-state index contributed by atoms with van der Waals surface area (Å²) in [5.74, 6) is 0.904. The van der Waals surface area contributed by atoms with Crippen molar-refractivity contribution in [1.82, 2.24) is 24.2 Å². The highest BCUT2D eigenvalue weighted by Crippen LogP contribution is 2.33. The van der Waals surface area contributed by atoms with Crippen molar-refractivity contribution in [2.45, 2.75) is 44.8 Å². The maximum atomic E-state index is 13.4. The number of rotatable bonds is 5. The van der Waals surface area contributed by atoms with E-state index in [2.05, 4.69) is 19.2 Å². The summed E-state index contributed by atoms with van der Waals surface area (Å²) < 4.78 is 2.08. The third kappa shape index (κ3) is 4.38. The summed E-state index contributed by atoms with van der Waals surface area (Å²) in [4.78, 5) is 27.3. The van der Waals surface area contributed by atoms with Gasteiger partial charge in [-0.2, -0.15) is 0 Å². The average Bonchev–Trinajstić information content (AvgIpc) is 3.36. The first-order chi connectivity index (χ1) is 17.5. The van der Waals surface area contributed by atoms with Crippen molar-refractivity contribution < 1.29 is 4.79 Å². The van der Waals surface area contributed by atoms with Crippen molar-refractivity contribution in [2.24, 2.45) is 0 Å². The second-order valence-electron chi connectivity index (χ2n) is 9.83.